The number of carboxylic acids is 2. The zero-order chi connectivity index (χ0) is 27.3. The van der Waals surface area contributed by atoms with Crippen molar-refractivity contribution in [2.45, 2.75) is 50.4 Å². The molecule has 0 saturated carbocycles. The molecule has 15 nitrogen and oxygen atoms in total. The Morgan fingerprint density at radius 2 is 1.61 bits per heavy atom. The third-order valence-electron chi connectivity index (χ3n) is 4.80. The minimum atomic E-state index is -1.60. The molecule has 4 atom stereocenters. The standard InChI is InChI=1S/C20H31N7O8S/c1-10(20(34)35)24-17(31)12(3-4-36-2)26-19(33)14(6-16(29)30)27-18(32)13(25-15(28)7-21)5-11-8-22-9-23-11/h8-10,12-14H,3-7,21H2,1-2H3,(H,22,23)(H,24,31)(H,25,28)(H,26,33)(H,27,32)(H,29,30)(H,34,35)/t10-,12-,13-,14-/m0/s1. The van der Waals surface area contributed by atoms with Gasteiger partial charge in [-0.15, -0.1) is 0 Å². The number of H-pyrrole nitrogens is 1. The molecule has 0 saturated heterocycles. The molecule has 0 fully saturated rings. The highest BCUT2D eigenvalue weighted by molar-refractivity contribution is 7.98. The van der Waals surface area contributed by atoms with Gasteiger partial charge >= 0.3 is 11.9 Å². The van der Waals surface area contributed by atoms with E-state index in [-0.39, 0.29) is 12.8 Å². The summed E-state index contributed by atoms with van der Waals surface area (Å²) < 4.78 is 0. The van der Waals surface area contributed by atoms with Gasteiger partial charge in [0, 0.05) is 18.3 Å². The maximum atomic E-state index is 12.9. The van der Waals surface area contributed by atoms with Crippen molar-refractivity contribution in [3.05, 3.63) is 18.2 Å². The second-order valence-electron chi connectivity index (χ2n) is 7.68. The number of carboxylic acid groups (broad SMARTS) is 2. The molecule has 36 heavy (non-hydrogen) atoms. The molecule has 0 aliphatic rings. The molecule has 0 unspecified atom stereocenters. The van der Waals surface area contributed by atoms with Gasteiger partial charge in [0.05, 0.1) is 19.3 Å². The molecule has 1 rings (SSSR count). The molecule has 0 spiro atoms. The van der Waals surface area contributed by atoms with Gasteiger partial charge in [0.25, 0.3) is 0 Å². The van der Waals surface area contributed by atoms with E-state index in [2.05, 4.69) is 31.2 Å². The van der Waals surface area contributed by atoms with E-state index in [4.69, 9.17) is 10.8 Å². The van der Waals surface area contributed by atoms with E-state index in [1.54, 1.807) is 6.26 Å². The number of carbonyl (C=O) groups excluding carboxylic acids is 4. The fraction of sp³-hybridized carbons (Fsp3) is 0.550. The minimum absolute atomic E-state index is 0.0508. The number of nitrogens with one attached hydrogen (secondary N) is 5. The summed E-state index contributed by atoms with van der Waals surface area (Å²) >= 11 is 1.37. The molecule has 0 aliphatic carbocycles. The highest BCUT2D eigenvalue weighted by Crippen LogP contribution is 2.05. The fourth-order valence-electron chi connectivity index (χ4n) is 2.89. The highest BCUT2D eigenvalue weighted by Gasteiger charge is 2.31. The number of hydrogen-bond donors (Lipinski definition) is 8. The number of thioether (sulfide) groups is 1. The quantitative estimate of drug-likeness (QED) is 0.108. The minimum Gasteiger partial charge on any atom is -0.481 e. The van der Waals surface area contributed by atoms with Crippen molar-refractivity contribution in [3.8, 4) is 0 Å². The molecule has 0 aromatic carbocycles. The summed E-state index contributed by atoms with van der Waals surface area (Å²) in [5.74, 6) is -5.53. The Morgan fingerprint density at radius 1 is 1.00 bits per heavy atom. The van der Waals surface area contributed by atoms with Crippen LogP contribution >= 0.6 is 11.8 Å². The van der Waals surface area contributed by atoms with Crippen LogP contribution in [0.2, 0.25) is 0 Å². The summed E-state index contributed by atoms with van der Waals surface area (Å²) in [7, 11) is 0. The number of nitrogens with two attached hydrogens (primary N) is 1. The number of nitrogens with zero attached hydrogens (tertiary/aromatic N) is 1. The lowest BCUT2D eigenvalue weighted by atomic mass is 10.1. The van der Waals surface area contributed by atoms with Crippen molar-refractivity contribution < 1.29 is 39.0 Å². The van der Waals surface area contributed by atoms with Crippen molar-refractivity contribution in [1.29, 1.82) is 0 Å². The Labute approximate surface area is 210 Å². The third kappa shape index (κ3) is 10.7. The van der Waals surface area contributed by atoms with Gasteiger partial charge < -0.3 is 42.2 Å². The van der Waals surface area contributed by atoms with E-state index in [1.807, 2.05) is 0 Å². The van der Waals surface area contributed by atoms with Gasteiger partial charge in [0.1, 0.15) is 24.2 Å². The second kappa shape index (κ2) is 15.4. The average Bonchev–Trinajstić information content (AvgIpc) is 3.33. The molecule has 0 bridgehead atoms. The molecule has 0 radical (unpaired) electrons. The molecular formula is C20H31N7O8S. The predicted molar refractivity (Wildman–Crippen MR) is 128 cm³/mol. The summed E-state index contributed by atoms with van der Waals surface area (Å²) in [6.45, 7) is 0.837. The number of carbonyl (C=O) groups is 6. The number of aromatic nitrogens is 2. The Bertz CT molecular complexity index is 927. The first-order valence-corrected chi connectivity index (χ1v) is 12.2. The fourth-order valence-corrected chi connectivity index (χ4v) is 3.36. The maximum absolute atomic E-state index is 12.9. The number of aromatic amines is 1. The van der Waals surface area contributed by atoms with Crippen LogP contribution in [0.3, 0.4) is 0 Å². The van der Waals surface area contributed by atoms with Crippen molar-refractivity contribution in [2.75, 3.05) is 18.6 Å². The summed E-state index contributed by atoms with van der Waals surface area (Å²) in [5.41, 5.74) is 5.78. The zero-order valence-corrected chi connectivity index (χ0v) is 20.6. The normalized spacial score (nSPS) is 14.0. The number of hydrogen-bond acceptors (Lipinski definition) is 9. The lowest BCUT2D eigenvalue weighted by Crippen LogP contribution is -2.58. The van der Waals surface area contributed by atoms with Crippen LogP contribution in [-0.2, 0) is 35.2 Å². The second-order valence-corrected chi connectivity index (χ2v) is 8.66. The predicted octanol–water partition coefficient (Wildman–Crippen LogP) is -2.82. The van der Waals surface area contributed by atoms with E-state index in [0.29, 0.717) is 11.4 Å². The van der Waals surface area contributed by atoms with Crippen molar-refractivity contribution >= 4 is 47.3 Å². The van der Waals surface area contributed by atoms with Gasteiger partial charge in [0.15, 0.2) is 0 Å². The SMILES string of the molecule is CSCC[C@H](NC(=O)[C@H](CC(=O)O)NC(=O)[C@H](Cc1cnc[nH]1)NC(=O)CN)C(=O)N[C@@H](C)C(=O)O. The van der Waals surface area contributed by atoms with Crippen LogP contribution in [0.15, 0.2) is 12.5 Å². The van der Waals surface area contributed by atoms with E-state index >= 15 is 0 Å². The van der Waals surface area contributed by atoms with Crippen molar-refractivity contribution in [2.24, 2.45) is 5.73 Å². The lowest BCUT2D eigenvalue weighted by molar-refractivity contribution is -0.143. The molecule has 1 aromatic heterocycles. The first-order chi connectivity index (χ1) is 17.0. The molecule has 200 valence electrons. The third-order valence-corrected chi connectivity index (χ3v) is 5.44. The molecule has 1 aromatic rings. The van der Waals surface area contributed by atoms with E-state index < -0.39 is 72.7 Å². The molecule has 9 N–H and O–H groups in total. The topological polar surface area (TPSA) is 246 Å². The van der Waals surface area contributed by atoms with E-state index in [9.17, 15) is 33.9 Å². The van der Waals surface area contributed by atoms with Gasteiger partial charge in [-0.2, -0.15) is 11.8 Å². The maximum Gasteiger partial charge on any atom is 0.325 e. The number of amides is 4. The molecule has 4 amide bonds. The Balaban J connectivity index is 3.04. The molecule has 1 heterocycles. The first kappa shape index (κ1) is 30.4. The number of imidazole rings is 1. The van der Waals surface area contributed by atoms with Gasteiger partial charge in [-0.05, 0) is 25.4 Å². The van der Waals surface area contributed by atoms with Crippen molar-refractivity contribution in [3.63, 3.8) is 0 Å². The van der Waals surface area contributed by atoms with Crippen molar-refractivity contribution in [1.82, 2.24) is 31.2 Å². The van der Waals surface area contributed by atoms with Crippen LogP contribution < -0.4 is 27.0 Å². The van der Waals surface area contributed by atoms with Crippen LogP contribution in [0.1, 0.15) is 25.5 Å². The first-order valence-electron chi connectivity index (χ1n) is 10.8. The number of aliphatic carboxylic acids is 2. The summed E-state index contributed by atoms with van der Waals surface area (Å²) in [6.07, 6.45) is 3.80. The van der Waals surface area contributed by atoms with Gasteiger partial charge in [-0.25, -0.2) is 4.98 Å². The zero-order valence-electron chi connectivity index (χ0n) is 19.8. The summed E-state index contributed by atoms with van der Waals surface area (Å²) in [6, 6.07) is -5.22. The summed E-state index contributed by atoms with van der Waals surface area (Å²) in [5, 5.41) is 27.6. The van der Waals surface area contributed by atoms with Crippen LogP contribution in [0.25, 0.3) is 0 Å². The van der Waals surface area contributed by atoms with E-state index in [1.165, 1.54) is 31.2 Å². The largest absolute Gasteiger partial charge is 0.481 e. The summed E-state index contributed by atoms with van der Waals surface area (Å²) in [4.78, 5) is 79.2. The lowest BCUT2D eigenvalue weighted by Gasteiger charge is -2.25. The average molecular weight is 530 g/mol. The Morgan fingerprint density at radius 3 is 2.14 bits per heavy atom. The van der Waals surface area contributed by atoms with E-state index in [0.717, 1.165) is 0 Å². The van der Waals surface area contributed by atoms with Crippen LogP contribution in [0, 0.1) is 0 Å². The monoisotopic (exact) mass is 529 g/mol. The smallest absolute Gasteiger partial charge is 0.325 e. The Hall–Kier alpha value is -3.66. The van der Waals surface area contributed by atoms with Gasteiger partial charge in [-0.3, -0.25) is 28.8 Å². The van der Waals surface area contributed by atoms with Crippen LogP contribution in [-0.4, -0.2) is 98.5 Å². The van der Waals surface area contributed by atoms with Crippen LogP contribution in [0.4, 0.5) is 0 Å². The molecule has 0 aliphatic heterocycles. The Kier molecular flexibility index (Phi) is 13.0. The highest BCUT2D eigenvalue weighted by atomic mass is 32.2. The number of rotatable bonds is 16. The van der Waals surface area contributed by atoms with Crippen LogP contribution in [0.5, 0.6) is 0 Å². The molecule has 16 heteroatoms. The molecular weight excluding hydrogens is 498 g/mol. The van der Waals surface area contributed by atoms with Gasteiger partial charge in [-0.1, -0.05) is 0 Å². The van der Waals surface area contributed by atoms with Gasteiger partial charge in [0.2, 0.25) is 23.6 Å².